The lowest BCUT2D eigenvalue weighted by Gasteiger charge is -2.19. The van der Waals surface area contributed by atoms with Crippen molar-refractivity contribution in [1.82, 2.24) is 5.32 Å². The maximum atomic E-state index is 13.1. The fourth-order valence-corrected chi connectivity index (χ4v) is 2.48. The highest BCUT2D eigenvalue weighted by Crippen LogP contribution is 2.22. The molecule has 2 N–H and O–H groups in total. The van der Waals surface area contributed by atoms with Gasteiger partial charge in [0.25, 0.3) is 11.8 Å². The molecule has 1 unspecified atom stereocenters. The molecular weight excluding hydrogens is 375 g/mol. The SMILES string of the molecule is CC(OC(=O)CNC(=O)c1ccc(C(C)(C)C)cc1)C(=O)Nc1cccc(F)c1. The molecule has 0 spiro atoms. The molecule has 0 bridgehead atoms. The second-order valence-electron chi connectivity index (χ2n) is 7.64. The predicted molar refractivity (Wildman–Crippen MR) is 108 cm³/mol. The van der Waals surface area contributed by atoms with E-state index in [0.717, 1.165) is 11.6 Å². The molecule has 2 aromatic rings. The van der Waals surface area contributed by atoms with Crippen LogP contribution in [0.4, 0.5) is 10.1 Å². The molecule has 7 heteroatoms. The Kier molecular flexibility index (Phi) is 7.09. The summed E-state index contributed by atoms with van der Waals surface area (Å²) in [5.41, 5.74) is 1.74. The van der Waals surface area contributed by atoms with E-state index >= 15 is 0 Å². The molecule has 0 aliphatic carbocycles. The van der Waals surface area contributed by atoms with Crippen molar-refractivity contribution in [3.05, 3.63) is 65.5 Å². The molecule has 0 fully saturated rings. The van der Waals surface area contributed by atoms with E-state index in [1.165, 1.54) is 25.1 Å². The Morgan fingerprint density at radius 1 is 1.07 bits per heavy atom. The smallest absolute Gasteiger partial charge is 0.326 e. The van der Waals surface area contributed by atoms with Crippen LogP contribution in [-0.2, 0) is 19.7 Å². The molecule has 0 heterocycles. The van der Waals surface area contributed by atoms with Crippen LogP contribution in [0.5, 0.6) is 0 Å². The molecule has 2 rings (SSSR count). The van der Waals surface area contributed by atoms with Gasteiger partial charge in [0.05, 0.1) is 0 Å². The zero-order valence-electron chi connectivity index (χ0n) is 16.9. The van der Waals surface area contributed by atoms with Crippen LogP contribution in [0, 0.1) is 5.82 Å². The summed E-state index contributed by atoms with van der Waals surface area (Å²) >= 11 is 0. The average Bonchev–Trinajstić information content (AvgIpc) is 2.65. The number of ether oxygens (including phenoxy) is 1. The number of carbonyl (C=O) groups excluding carboxylic acids is 3. The van der Waals surface area contributed by atoms with Gasteiger partial charge in [-0.1, -0.05) is 39.0 Å². The van der Waals surface area contributed by atoms with E-state index in [0.29, 0.717) is 5.56 Å². The first-order valence-electron chi connectivity index (χ1n) is 9.21. The number of benzene rings is 2. The van der Waals surface area contributed by atoms with Gasteiger partial charge >= 0.3 is 5.97 Å². The molecule has 0 aliphatic rings. The maximum Gasteiger partial charge on any atom is 0.326 e. The van der Waals surface area contributed by atoms with E-state index in [-0.39, 0.29) is 17.6 Å². The highest BCUT2D eigenvalue weighted by atomic mass is 19.1. The summed E-state index contributed by atoms with van der Waals surface area (Å²) in [4.78, 5) is 36.1. The molecule has 29 heavy (non-hydrogen) atoms. The topological polar surface area (TPSA) is 84.5 Å². The first-order chi connectivity index (χ1) is 13.6. The summed E-state index contributed by atoms with van der Waals surface area (Å²) in [6.07, 6.45) is -1.10. The van der Waals surface area contributed by atoms with Gasteiger partial charge in [-0.3, -0.25) is 14.4 Å². The van der Waals surface area contributed by atoms with Gasteiger partial charge in [0.15, 0.2) is 6.10 Å². The molecule has 0 saturated heterocycles. The van der Waals surface area contributed by atoms with Crippen molar-refractivity contribution in [2.75, 3.05) is 11.9 Å². The normalized spacial score (nSPS) is 12.0. The second kappa shape index (κ2) is 9.32. The Morgan fingerprint density at radius 2 is 1.72 bits per heavy atom. The Bertz CT molecular complexity index is 888. The quantitative estimate of drug-likeness (QED) is 0.728. The van der Waals surface area contributed by atoms with Crippen LogP contribution in [0.3, 0.4) is 0 Å². The highest BCUT2D eigenvalue weighted by molar-refractivity contribution is 5.97. The largest absolute Gasteiger partial charge is 0.451 e. The number of amides is 2. The van der Waals surface area contributed by atoms with Crippen molar-refractivity contribution in [2.24, 2.45) is 0 Å². The lowest BCUT2D eigenvalue weighted by molar-refractivity contribution is -0.152. The standard InChI is InChI=1S/C22H25FN2O4/c1-14(20(27)25-18-7-5-6-17(23)12-18)29-19(26)13-24-21(28)15-8-10-16(11-9-15)22(2,3)4/h5-12,14H,13H2,1-4H3,(H,24,28)(H,25,27). The Labute approximate surface area is 169 Å². The van der Waals surface area contributed by atoms with Crippen molar-refractivity contribution >= 4 is 23.5 Å². The van der Waals surface area contributed by atoms with E-state index in [1.54, 1.807) is 12.1 Å². The van der Waals surface area contributed by atoms with E-state index in [9.17, 15) is 18.8 Å². The van der Waals surface area contributed by atoms with E-state index < -0.39 is 29.7 Å². The van der Waals surface area contributed by atoms with Crippen LogP contribution in [0.15, 0.2) is 48.5 Å². The summed E-state index contributed by atoms with van der Waals surface area (Å²) in [5.74, 6) is -2.27. The predicted octanol–water partition coefficient (Wildman–Crippen LogP) is 3.42. The summed E-state index contributed by atoms with van der Waals surface area (Å²) in [6.45, 7) is 7.23. The molecular formula is C22H25FN2O4. The van der Waals surface area contributed by atoms with Crippen molar-refractivity contribution in [3.63, 3.8) is 0 Å². The van der Waals surface area contributed by atoms with Gasteiger partial charge < -0.3 is 15.4 Å². The summed E-state index contributed by atoms with van der Waals surface area (Å²) < 4.78 is 18.2. The van der Waals surface area contributed by atoms with Crippen LogP contribution in [0.1, 0.15) is 43.6 Å². The van der Waals surface area contributed by atoms with Crippen LogP contribution in [0.2, 0.25) is 0 Å². The number of anilines is 1. The van der Waals surface area contributed by atoms with Crippen molar-refractivity contribution in [1.29, 1.82) is 0 Å². The number of rotatable bonds is 6. The monoisotopic (exact) mass is 400 g/mol. The Balaban J connectivity index is 1.82. The van der Waals surface area contributed by atoms with Crippen LogP contribution in [0.25, 0.3) is 0 Å². The number of carbonyl (C=O) groups is 3. The van der Waals surface area contributed by atoms with Gasteiger partial charge in [-0.25, -0.2) is 4.39 Å². The fraction of sp³-hybridized carbons (Fsp3) is 0.318. The summed E-state index contributed by atoms with van der Waals surface area (Å²) in [6, 6.07) is 12.5. The zero-order chi connectivity index (χ0) is 21.6. The minimum Gasteiger partial charge on any atom is -0.451 e. The molecule has 0 aliphatic heterocycles. The minimum atomic E-state index is -1.10. The first-order valence-corrected chi connectivity index (χ1v) is 9.21. The highest BCUT2D eigenvalue weighted by Gasteiger charge is 2.19. The van der Waals surface area contributed by atoms with Gasteiger partial charge in [-0.05, 0) is 48.2 Å². The van der Waals surface area contributed by atoms with Crippen LogP contribution >= 0.6 is 0 Å². The minimum absolute atomic E-state index is 0.0267. The Hall–Kier alpha value is -3.22. The Morgan fingerprint density at radius 3 is 2.31 bits per heavy atom. The molecule has 6 nitrogen and oxygen atoms in total. The number of esters is 1. The van der Waals surface area contributed by atoms with Gasteiger partial charge in [0.2, 0.25) is 0 Å². The molecule has 0 radical (unpaired) electrons. The first kappa shape index (κ1) is 22.1. The molecule has 2 aromatic carbocycles. The van der Waals surface area contributed by atoms with Gasteiger partial charge in [-0.15, -0.1) is 0 Å². The number of nitrogens with one attached hydrogen (secondary N) is 2. The third kappa shape index (κ3) is 6.71. The van der Waals surface area contributed by atoms with Crippen molar-refractivity contribution in [3.8, 4) is 0 Å². The lowest BCUT2D eigenvalue weighted by Crippen LogP contribution is -2.35. The number of halogens is 1. The number of hydrogen-bond donors (Lipinski definition) is 2. The third-order valence-corrected chi connectivity index (χ3v) is 4.18. The fourth-order valence-electron chi connectivity index (χ4n) is 2.48. The van der Waals surface area contributed by atoms with Gasteiger partial charge in [0.1, 0.15) is 12.4 Å². The molecule has 2 amide bonds. The third-order valence-electron chi connectivity index (χ3n) is 4.18. The molecule has 1 atom stereocenters. The van der Waals surface area contributed by atoms with Crippen LogP contribution < -0.4 is 10.6 Å². The van der Waals surface area contributed by atoms with Crippen molar-refractivity contribution in [2.45, 2.75) is 39.2 Å². The van der Waals surface area contributed by atoms with E-state index in [1.807, 2.05) is 12.1 Å². The van der Waals surface area contributed by atoms with Crippen molar-refractivity contribution < 1.29 is 23.5 Å². The van der Waals surface area contributed by atoms with E-state index in [4.69, 9.17) is 4.74 Å². The van der Waals surface area contributed by atoms with Crippen LogP contribution in [-0.4, -0.2) is 30.4 Å². The summed E-state index contributed by atoms with van der Waals surface area (Å²) in [5, 5.41) is 4.92. The zero-order valence-corrected chi connectivity index (χ0v) is 16.9. The summed E-state index contributed by atoms with van der Waals surface area (Å²) in [7, 11) is 0. The number of hydrogen-bond acceptors (Lipinski definition) is 4. The van der Waals surface area contributed by atoms with Gasteiger partial charge in [0, 0.05) is 11.3 Å². The van der Waals surface area contributed by atoms with E-state index in [2.05, 4.69) is 31.4 Å². The average molecular weight is 400 g/mol. The molecule has 0 saturated carbocycles. The van der Waals surface area contributed by atoms with Gasteiger partial charge in [-0.2, -0.15) is 0 Å². The maximum absolute atomic E-state index is 13.1. The molecule has 154 valence electrons. The second-order valence-corrected chi connectivity index (χ2v) is 7.64. The lowest BCUT2D eigenvalue weighted by atomic mass is 9.87. The molecule has 0 aromatic heterocycles.